The van der Waals surface area contributed by atoms with Gasteiger partial charge in [-0.1, -0.05) is 0 Å². The first kappa shape index (κ1) is 18.7. The Kier molecular flexibility index (Phi) is 6.62. The van der Waals surface area contributed by atoms with Crippen molar-refractivity contribution >= 4 is 5.97 Å². The summed E-state index contributed by atoms with van der Waals surface area (Å²) < 4.78 is 8.02. The third kappa shape index (κ3) is 4.84. The first-order valence-corrected chi connectivity index (χ1v) is 7.15. The predicted octanol–water partition coefficient (Wildman–Crippen LogP) is -0.136. The Morgan fingerprint density at radius 2 is 1.77 bits per heavy atom. The lowest BCUT2D eigenvalue weighted by Crippen LogP contribution is -3.00. The molecule has 0 bridgehead atoms. The van der Waals surface area contributed by atoms with Crippen LogP contribution in [0.2, 0.25) is 0 Å². The van der Waals surface area contributed by atoms with Gasteiger partial charge in [0.25, 0.3) is 0 Å². The zero-order valence-corrected chi connectivity index (χ0v) is 15.7. The van der Waals surface area contributed by atoms with Gasteiger partial charge in [0.2, 0.25) is 0 Å². The molecule has 0 N–H and O–H groups in total. The number of carbonyl (C=O) groups excluding carboxylic acids is 1. The molecule has 0 aliphatic carbocycles. The topological polar surface area (TPSA) is 31.2 Å². The summed E-state index contributed by atoms with van der Waals surface area (Å²) in [6.45, 7) is 3.14. The second-order valence-corrected chi connectivity index (χ2v) is 6.09. The zero-order chi connectivity index (χ0) is 15.5. The van der Waals surface area contributed by atoms with Crippen LogP contribution in [0.4, 0.5) is 0 Å². The number of hydrogen-bond acceptors (Lipinski definition) is 2. The molecule has 0 amide bonds. The summed E-state index contributed by atoms with van der Waals surface area (Å²) in [5.41, 5.74) is 2.88. The van der Waals surface area contributed by atoms with Gasteiger partial charge in [-0.05, 0) is 43.3 Å². The highest BCUT2D eigenvalue weighted by Gasteiger charge is 2.13. The van der Waals surface area contributed by atoms with E-state index in [1.165, 1.54) is 5.69 Å². The summed E-state index contributed by atoms with van der Waals surface area (Å²) >= 11 is 0. The summed E-state index contributed by atoms with van der Waals surface area (Å²) in [6, 6.07) is 11.7. The first-order chi connectivity index (χ1) is 9.90. The molecule has 0 fully saturated rings. The Bertz CT molecular complexity index is 612. The minimum atomic E-state index is -0.275. The summed E-state index contributed by atoms with van der Waals surface area (Å²) in [6.07, 6.45) is 2.05. The van der Waals surface area contributed by atoms with E-state index in [1.54, 1.807) is 0 Å². The normalized spacial score (nSPS) is 10.9. The average molecular weight is 414 g/mol. The van der Waals surface area contributed by atoms with Crippen molar-refractivity contribution in [1.29, 1.82) is 0 Å². The molecule has 0 radical (unpaired) electrons. The maximum atomic E-state index is 11.7. The predicted molar refractivity (Wildman–Crippen MR) is 83.5 cm³/mol. The number of nitrogens with zero attached hydrogens (tertiary/aromatic N) is 2. The van der Waals surface area contributed by atoms with Gasteiger partial charge in [-0.15, -0.1) is 0 Å². The van der Waals surface area contributed by atoms with E-state index in [4.69, 9.17) is 4.74 Å². The molecule has 0 atom stereocenters. The van der Waals surface area contributed by atoms with Crippen LogP contribution in [0.25, 0.3) is 5.69 Å². The summed E-state index contributed by atoms with van der Waals surface area (Å²) in [5, 5.41) is 0. The standard InChI is InChI=1S/C17H23N2O2.HI/c1-5-21-17(20)14-8-10-15(11-9-14)18-12-6-7-16(18)13-19(2,3)4;/h6-12H,5,13H2,1-4H3;1H/q+1;/p-1. The number of halogens is 1. The minimum Gasteiger partial charge on any atom is -1.00 e. The van der Waals surface area contributed by atoms with Gasteiger partial charge in [-0.2, -0.15) is 0 Å². The Labute approximate surface area is 149 Å². The number of carbonyl (C=O) groups is 1. The molecule has 0 aliphatic heterocycles. The highest BCUT2D eigenvalue weighted by atomic mass is 127. The van der Waals surface area contributed by atoms with Crippen molar-refractivity contribution in [3.8, 4) is 5.69 Å². The Hall–Kier alpha value is -1.34. The fourth-order valence-corrected chi connectivity index (χ4v) is 2.26. The van der Waals surface area contributed by atoms with Crippen LogP contribution in [0.15, 0.2) is 42.6 Å². The van der Waals surface area contributed by atoms with Crippen molar-refractivity contribution in [3.63, 3.8) is 0 Å². The monoisotopic (exact) mass is 414 g/mol. The van der Waals surface area contributed by atoms with Crippen LogP contribution >= 0.6 is 0 Å². The van der Waals surface area contributed by atoms with Gasteiger partial charge in [0.1, 0.15) is 6.54 Å². The van der Waals surface area contributed by atoms with Crippen LogP contribution in [-0.4, -0.2) is 42.8 Å². The molecule has 0 unspecified atom stereocenters. The van der Waals surface area contributed by atoms with Crippen molar-refractivity contribution in [3.05, 3.63) is 53.9 Å². The van der Waals surface area contributed by atoms with Crippen molar-refractivity contribution in [2.45, 2.75) is 13.5 Å². The molecule has 22 heavy (non-hydrogen) atoms. The fourth-order valence-electron chi connectivity index (χ4n) is 2.26. The van der Waals surface area contributed by atoms with Crippen LogP contribution in [0, 0.1) is 0 Å². The van der Waals surface area contributed by atoms with Gasteiger partial charge in [0, 0.05) is 11.9 Å². The molecule has 4 nitrogen and oxygen atoms in total. The van der Waals surface area contributed by atoms with E-state index in [0.29, 0.717) is 12.2 Å². The third-order valence-corrected chi connectivity index (χ3v) is 3.13. The largest absolute Gasteiger partial charge is 1.00 e. The highest BCUT2D eigenvalue weighted by molar-refractivity contribution is 5.89. The SMILES string of the molecule is CCOC(=O)c1ccc(-n2cccc2C[N+](C)(C)C)cc1.[I-]. The van der Waals surface area contributed by atoms with E-state index in [1.807, 2.05) is 43.5 Å². The van der Waals surface area contributed by atoms with Crippen molar-refractivity contribution in [2.24, 2.45) is 0 Å². The van der Waals surface area contributed by atoms with E-state index in [2.05, 4.69) is 31.8 Å². The number of hydrogen-bond donors (Lipinski definition) is 0. The Balaban J connectivity index is 0.00000242. The maximum absolute atomic E-state index is 11.7. The number of ether oxygens (including phenoxy) is 1. The first-order valence-electron chi connectivity index (χ1n) is 7.15. The lowest BCUT2D eigenvalue weighted by Gasteiger charge is -2.24. The van der Waals surface area contributed by atoms with E-state index < -0.39 is 0 Å². The van der Waals surface area contributed by atoms with E-state index in [0.717, 1.165) is 16.7 Å². The van der Waals surface area contributed by atoms with Gasteiger partial charge in [0.15, 0.2) is 0 Å². The molecule has 1 aromatic carbocycles. The molecule has 1 aromatic heterocycles. The molecule has 0 spiro atoms. The average Bonchev–Trinajstić information content (AvgIpc) is 2.85. The van der Waals surface area contributed by atoms with Gasteiger partial charge < -0.3 is 37.8 Å². The molecule has 120 valence electrons. The van der Waals surface area contributed by atoms with E-state index in [9.17, 15) is 4.79 Å². The number of benzene rings is 1. The lowest BCUT2D eigenvalue weighted by molar-refractivity contribution is -0.884. The molecular formula is C17H23IN2O2. The molecule has 0 aliphatic rings. The highest BCUT2D eigenvalue weighted by Crippen LogP contribution is 2.16. The van der Waals surface area contributed by atoms with Crippen LogP contribution in [-0.2, 0) is 11.3 Å². The van der Waals surface area contributed by atoms with Crippen LogP contribution in [0.5, 0.6) is 0 Å². The van der Waals surface area contributed by atoms with Gasteiger partial charge in [-0.25, -0.2) is 4.79 Å². The zero-order valence-electron chi connectivity index (χ0n) is 13.5. The Morgan fingerprint density at radius 1 is 1.14 bits per heavy atom. The number of esters is 1. The van der Waals surface area contributed by atoms with Gasteiger partial charge in [-0.3, -0.25) is 0 Å². The third-order valence-electron chi connectivity index (χ3n) is 3.13. The van der Waals surface area contributed by atoms with Crippen LogP contribution in [0.3, 0.4) is 0 Å². The maximum Gasteiger partial charge on any atom is 0.338 e. The summed E-state index contributed by atoms with van der Waals surface area (Å²) in [5.74, 6) is -0.275. The molecule has 1 heterocycles. The summed E-state index contributed by atoms with van der Waals surface area (Å²) in [7, 11) is 6.50. The van der Waals surface area contributed by atoms with E-state index in [-0.39, 0.29) is 29.9 Å². The Morgan fingerprint density at radius 3 is 2.32 bits per heavy atom. The molecule has 0 saturated heterocycles. The second kappa shape index (κ2) is 7.78. The van der Waals surface area contributed by atoms with E-state index >= 15 is 0 Å². The smallest absolute Gasteiger partial charge is 0.338 e. The van der Waals surface area contributed by atoms with Crippen molar-refractivity contribution < 1.29 is 38.0 Å². The van der Waals surface area contributed by atoms with Crippen LogP contribution in [0.1, 0.15) is 23.0 Å². The molecule has 2 rings (SSSR count). The van der Waals surface area contributed by atoms with Gasteiger partial charge >= 0.3 is 5.97 Å². The summed E-state index contributed by atoms with van der Waals surface area (Å²) in [4.78, 5) is 11.7. The number of aromatic nitrogens is 1. The number of rotatable bonds is 5. The molecule has 5 heteroatoms. The van der Waals surface area contributed by atoms with Crippen LogP contribution < -0.4 is 24.0 Å². The fraction of sp³-hybridized carbons (Fsp3) is 0.353. The number of quaternary nitrogens is 1. The minimum absolute atomic E-state index is 0. The molecular weight excluding hydrogens is 391 g/mol. The quantitative estimate of drug-likeness (QED) is 0.388. The van der Waals surface area contributed by atoms with Crippen molar-refractivity contribution in [2.75, 3.05) is 27.7 Å². The molecule has 0 saturated carbocycles. The second-order valence-electron chi connectivity index (χ2n) is 6.09. The molecule has 2 aromatic rings. The van der Waals surface area contributed by atoms with Gasteiger partial charge in [0.05, 0.1) is 39.0 Å². The lowest BCUT2D eigenvalue weighted by atomic mass is 10.2. The van der Waals surface area contributed by atoms with Crippen molar-refractivity contribution in [1.82, 2.24) is 4.57 Å².